The second kappa shape index (κ2) is 4.21. The summed E-state index contributed by atoms with van der Waals surface area (Å²) in [4.78, 5) is 0. The molecule has 0 aromatic carbocycles. The lowest BCUT2D eigenvalue weighted by atomic mass is 10.4. The molecule has 7 heteroatoms. The second-order valence-corrected chi connectivity index (χ2v) is 2.45. The third-order valence-corrected chi connectivity index (χ3v) is 1.41. The predicted molar refractivity (Wildman–Crippen MR) is 32.6 cm³/mol. The van der Waals surface area contributed by atoms with Gasteiger partial charge in [-0.2, -0.15) is 8.78 Å². The fourth-order valence-electron chi connectivity index (χ4n) is 0.735. The largest absolute Gasteiger partial charge is 0.416 e. The summed E-state index contributed by atoms with van der Waals surface area (Å²) >= 11 is 0. The Morgan fingerprint density at radius 1 is 1.46 bits per heavy atom. The first-order valence-corrected chi connectivity index (χ1v) is 3.51. The Hall–Kier alpha value is -0.400. The minimum Gasteiger partial charge on any atom is -0.353 e. The molecule has 0 bridgehead atoms. The summed E-state index contributed by atoms with van der Waals surface area (Å²) in [6.45, 7) is -0.537. The third kappa shape index (κ3) is 3.09. The molecular weight excluding hydrogens is 196 g/mol. The van der Waals surface area contributed by atoms with Gasteiger partial charge in [-0.05, 0) is 0 Å². The van der Waals surface area contributed by atoms with E-state index in [1.165, 1.54) is 0 Å². The molecule has 1 aliphatic rings. The molecule has 0 aliphatic carbocycles. The van der Waals surface area contributed by atoms with Gasteiger partial charge in [0.15, 0.2) is 0 Å². The average Bonchev–Trinajstić information content (AvgIpc) is 2.52. The van der Waals surface area contributed by atoms with Gasteiger partial charge >= 0.3 is 12.5 Å². The molecule has 78 valence electrons. The average molecular weight is 204 g/mol. The molecule has 0 saturated carbocycles. The molecule has 1 unspecified atom stereocenters. The molecule has 0 aromatic rings. The van der Waals surface area contributed by atoms with Crippen molar-refractivity contribution in [1.29, 1.82) is 0 Å². The maximum absolute atomic E-state index is 12.1. The summed E-state index contributed by atoms with van der Waals surface area (Å²) < 4.78 is 60.4. The van der Waals surface area contributed by atoms with Gasteiger partial charge in [-0.15, -0.1) is 0 Å². The van der Waals surface area contributed by atoms with E-state index in [2.05, 4.69) is 9.47 Å². The Kier molecular flexibility index (Phi) is 3.46. The highest BCUT2D eigenvalue weighted by molar-refractivity contribution is 4.62. The molecule has 0 aromatic heterocycles. The van der Waals surface area contributed by atoms with Crippen LogP contribution in [0.25, 0.3) is 0 Å². The van der Waals surface area contributed by atoms with E-state index in [0.717, 1.165) is 0 Å². The topological polar surface area (TPSA) is 27.7 Å². The zero-order chi connectivity index (χ0) is 9.90. The second-order valence-electron chi connectivity index (χ2n) is 2.45. The van der Waals surface area contributed by atoms with Crippen LogP contribution < -0.4 is 0 Å². The van der Waals surface area contributed by atoms with Crippen molar-refractivity contribution in [2.24, 2.45) is 0 Å². The van der Waals surface area contributed by atoms with Gasteiger partial charge in [0.25, 0.3) is 0 Å². The third-order valence-electron chi connectivity index (χ3n) is 1.41. The molecule has 0 amide bonds. The van der Waals surface area contributed by atoms with Crippen molar-refractivity contribution in [1.82, 2.24) is 0 Å². The summed E-state index contributed by atoms with van der Waals surface area (Å²) in [6.07, 6.45) is -8.93. The number of hydrogen-bond donors (Lipinski definition) is 0. The van der Waals surface area contributed by atoms with Crippen LogP contribution in [-0.2, 0) is 14.2 Å². The Bertz CT molecular complexity index is 158. The normalized spacial score (nSPS) is 24.2. The van der Waals surface area contributed by atoms with Crippen molar-refractivity contribution < 1.29 is 31.8 Å². The van der Waals surface area contributed by atoms with Crippen LogP contribution in [0.1, 0.15) is 0 Å². The summed E-state index contributed by atoms with van der Waals surface area (Å²) in [5, 5.41) is 0. The molecule has 1 heterocycles. The van der Waals surface area contributed by atoms with E-state index in [9.17, 15) is 17.6 Å². The van der Waals surface area contributed by atoms with Gasteiger partial charge in [-0.3, -0.25) is 0 Å². The van der Waals surface area contributed by atoms with Crippen LogP contribution in [0.2, 0.25) is 0 Å². The molecule has 1 saturated heterocycles. The lowest BCUT2D eigenvalue weighted by Crippen LogP contribution is -2.34. The minimum absolute atomic E-state index is 0.0196. The van der Waals surface area contributed by atoms with Crippen molar-refractivity contribution in [3.8, 4) is 0 Å². The maximum atomic E-state index is 12.1. The summed E-state index contributed by atoms with van der Waals surface area (Å²) in [6, 6.07) is 0. The van der Waals surface area contributed by atoms with Gasteiger partial charge in [0.05, 0.1) is 13.2 Å². The number of hydrogen-bond acceptors (Lipinski definition) is 3. The Morgan fingerprint density at radius 3 is 2.62 bits per heavy atom. The van der Waals surface area contributed by atoms with E-state index in [0.29, 0.717) is 0 Å². The maximum Gasteiger partial charge on any atom is 0.416 e. The molecule has 1 rings (SSSR count). The van der Waals surface area contributed by atoms with E-state index in [1.54, 1.807) is 0 Å². The SMILES string of the molecule is FC(F)C(F)(F)OCC1COCO1. The molecule has 1 atom stereocenters. The fourth-order valence-corrected chi connectivity index (χ4v) is 0.735. The zero-order valence-electron chi connectivity index (χ0n) is 6.51. The van der Waals surface area contributed by atoms with E-state index < -0.39 is 25.2 Å². The van der Waals surface area contributed by atoms with Gasteiger partial charge in [0.2, 0.25) is 0 Å². The Balaban J connectivity index is 2.24. The molecule has 13 heavy (non-hydrogen) atoms. The minimum atomic E-state index is -4.41. The van der Waals surface area contributed by atoms with Gasteiger partial charge in [-0.1, -0.05) is 0 Å². The molecule has 1 fully saturated rings. The highest BCUT2D eigenvalue weighted by atomic mass is 19.3. The quantitative estimate of drug-likeness (QED) is 0.644. The van der Waals surface area contributed by atoms with E-state index in [4.69, 9.17) is 4.74 Å². The molecule has 0 radical (unpaired) electrons. The van der Waals surface area contributed by atoms with Crippen molar-refractivity contribution in [3.05, 3.63) is 0 Å². The van der Waals surface area contributed by atoms with Crippen LogP contribution in [0.4, 0.5) is 17.6 Å². The Morgan fingerprint density at radius 2 is 2.15 bits per heavy atom. The number of ether oxygens (including phenoxy) is 3. The van der Waals surface area contributed by atoms with Gasteiger partial charge in [-0.25, -0.2) is 8.78 Å². The van der Waals surface area contributed by atoms with Crippen molar-refractivity contribution >= 4 is 0 Å². The van der Waals surface area contributed by atoms with Crippen LogP contribution in [0.5, 0.6) is 0 Å². The first-order valence-electron chi connectivity index (χ1n) is 3.51. The van der Waals surface area contributed by atoms with Crippen molar-refractivity contribution in [3.63, 3.8) is 0 Å². The van der Waals surface area contributed by atoms with E-state index in [-0.39, 0.29) is 13.4 Å². The van der Waals surface area contributed by atoms with Gasteiger partial charge in [0, 0.05) is 0 Å². The van der Waals surface area contributed by atoms with E-state index in [1.807, 2.05) is 0 Å². The summed E-state index contributed by atoms with van der Waals surface area (Å²) in [5.41, 5.74) is 0. The zero-order valence-corrected chi connectivity index (χ0v) is 6.51. The van der Waals surface area contributed by atoms with Crippen LogP contribution in [0, 0.1) is 0 Å². The summed E-state index contributed by atoms with van der Waals surface area (Å²) in [7, 11) is 0. The number of halogens is 4. The van der Waals surface area contributed by atoms with Gasteiger partial charge in [0.1, 0.15) is 12.9 Å². The molecular formula is C6H8F4O3. The molecule has 0 N–H and O–H groups in total. The first kappa shape index (κ1) is 10.7. The standard InChI is InChI=1S/C6H8F4O3/c7-5(8)6(9,10)13-2-4-1-11-3-12-4/h4-5H,1-3H2. The molecule has 0 spiro atoms. The van der Waals surface area contributed by atoms with Crippen LogP contribution >= 0.6 is 0 Å². The predicted octanol–water partition coefficient (Wildman–Crippen LogP) is 1.23. The lowest BCUT2D eigenvalue weighted by Gasteiger charge is -2.17. The number of rotatable bonds is 4. The fraction of sp³-hybridized carbons (Fsp3) is 1.00. The Labute approximate surface area is 71.6 Å². The van der Waals surface area contributed by atoms with Crippen LogP contribution in [0.15, 0.2) is 0 Å². The highest BCUT2D eigenvalue weighted by Crippen LogP contribution is 2.24. The monoisotopic (exact) mass is 204 g/mol. The van der Waals surface area contributed by atoms with Gasteiger partial charge < -0.3 is 14.2 Å². The van der Waals surface area contributed by atoms with Crippen molar-refractivity contribution in [2.75, 3.05) is 20.0 Å². The molecule has 1 aliphatic heterocycles. The lowest BCUT2D eigenvalue weighted by molar-refractivity contribution is -0.306. The molecule has 3 nitrogen and oxygen atoms in total. The van der Waals surface area contributed by atoms with Crippen LogP contribution in [-0.4, -0.2) is 38.6 Å². The van der Waals surface area contributed by atoms with Crippen molar-refractivity contribution in [2.45, 2.75) is 18.6 Å². The van der Waals surface area contributed by atoms with E-state index >= 15 is 0 Å². The first-order chi connectivity index (χ1) is 6.02. The smallest absolute Gasteiger partial charge is 0.353 e. The van der Waals surface area contributed by atoms with Crippen LogP contribution in [0.3, 0.4) is 0 Å². The highest BCUT2D eigenvalue weighted by Gasteiger charge is 2.43. The number of alkyl halides is 4. The summed E-state index contributed by atoms with van der Waals surface area (Å²) in [5.74, 6) is 0.